The van der Waals surface area contributed by atoms with Crippen molar-refractivity contribution in [3.05, 3.63) is 69.8 Å². The summed E-state index contributed by atoms with van der Waals surface area (Å²) in [4.78, 5) is 26.2. The number of likely N-dealkylation sites (tertiary alicyclic amines) is 1. The molecule has 1 fully saturated rings. The van der Waals surface area contributed by atoms with Gasteiger partial charge in [0.15, 0.2) is 0 Å². The molecule has 1 atom stereocenters. The second kappa shape index (κ2) is 6.84. The first-order chi connectivity index (χ1) is 12.3. The van der Waals surface area contributed by atoms with Crippen LogP contribution < -0.4 is 4.74 Å². The number of Topliss-reactive ketones (excluding diaryl/α,β-unsaturated/α-hetero) is 1. The summed E-state index contributed by atoms with van der Waals surface area (Å²) in [7, 11) is 3.02. The van der Waals surface area contributed by atoms with Crippen LogP contribution in [-0.2, 0) is 9.59 Å². The summed E-state index contributed by atoms with van der Waals surface area (Å²) in [5.41, 5.74) is 1.98. The van der Waals surface area contributed by atoms with Gasteiger partial charge < -0.3 is 14.7 Å². The minimum Gasteiger partial charge on any atom is -0.507 e. The second-order valence-electron chi connectivity index (χ2n) is 6.17. The molecule has 134 valence electrons. The number of hydrogen-bond acceptors (Lipinski definition) is 4. The molecule has 1 aliphatic heterocycles. The van der Waals surface area contributed by atoms with Crippen LogP contribution in [0.4, 0.5) is 0 Å². The molecule has 6 heteroatoms. The number of benzene rings is 2. The fourth-order valence-electron chi connectivity index (χ4n) is 3.13. The van der Waals surface area contributed by atoms with Gasteiger partial charge in [0.2, 0.25) is 0 Å². The van der Waals surface area contributed by atoms with Crippen LogP contribution in [0.1, 0.15) is 22.7 Å². The van der Waals surface area contributed by atoms with E-state index in [1.54, 1.807) is 36.4 Å². The van der Waals surface area contributed by atoms with Gasteiger partial charge in [0.05, 0.1) is 24.3 Å². The summed E-state index contributed by atoms with van der Waals surface area (Å²) >= 11 is 5.94. The molecule has 1 unspecified atom stereocenters. The largest absolute Gasteiger partial charge is 0.507 e. The van der Waals surface area contributed by atoms with Crippen molar-refractivity contribution in [2.45, 2.75) is 13.0 Å². The van der Waals surface area contributed by atoms with Gasteiger partial charge in [-0.05, 0) is 36.8 Å². The second-order valence-corrected chi connectivity index (χ2v) is 6.60. The van der Waals surface area contributed by atoms with Crippen molar-refractivity contribution in [1.82, 2.24) is 4.90 Å². The molecule has 0 spiro atoms. The quantitative estimate of drug-likeness (QED) is 0.507. The number of hydrogen-bond donors (Lipinski definition) is 1. The summed E-state index contributed by atoms with van der Waals surface area (Å²) in [6.07, 6.45) is 0. The predicted molar refractivity (Wildman–Crippen MR) is 99.2 cm³/mol. The van der Waals surface area contributed by atoms with Gasteiger partial charge in [-0.15, -0.1) is 0 Å². The number of ketones is 1. The lowest BCUT2D eigenvalue weighted by Crippen LogP contribution is -2.24. The number of aryl methyl sites for hydroxylation is 1. The molecule has 0 saturated carbocycles. The number of ether oxygens (including phenoxy) is 1. The van der Waals surface area contributed by atoms with Gasteiger partial charge in [-0.2, -0.15) is 0 Å². The fraction of sp³-hybridized carbons (Fsp3) is 0.200. The first kappa shape index (κ1) is 18.0. The molecule has 3 rings (SSSR count). The van der Waals surface area contributed by atoms with Crippen molar-refractivity contribution in [1.29, 1.82) is 0 Å². The van der Waals surface area contributed by atoms with Crippen molar-refractivity contribution in [2.75, 3.05) is 14.2 Å². The first-order valence-corrected chi connectivity index (χ1v) is 8.38. The van der Waals surface area contributed by atoms with Crippen molar-refractivity contribution in [2.24, 2.45) is 0 Å². The number of carbonyl (C=O) groups is 2. The molecular weight excluding hydrogens is 354 g/mol. The minimum absolute atomic E-state index is 0.0312. The Labute approximate surface area is 156 Å². The lowest BCUT2D eigenvalue weighted by atomic mass is 9.94. The molecular formula is C20H18ClNO4. The number of nitrogens with zero attached hydrogens (tertiary/aromatic N) is 1. The molecule has 1 heterocycles. The Hall–Kier alpha value is -2.79. The monoisotopic (exact) mass is 371 g/mol. The molecule has 0 aliphatic carbocycles. The molecule has 5 nitrogen and oxygen atoms in total. The molecule has 26 heavy (non-hydrogen) atoms. The third-order valence-corrected chi connectivity index (χ3v) is 4.72. The van der Waals surface area contributed by atoms with Crippen LogP contribution in [0.15, 0.2) is 48.0 Å². The van der Waals surface area contributed by atoms with Crippen LogP contribution in [0.2, 0.25) is 5.02 Å². The van der Waals surface area contributed by atoms with Gasteiger partial charge in [-0.1, -0.05) is 35.4 Å². The number of halogens is 1. The van der Waals surface area contributed by atoms with Crippen LogP contribution in [0, 0.1) is 6.92 Å². The Balaban J connectivity index is 2.23. The number of aliphatic hydroxyl groups excluding tert-OH is 1. The number of methoxy groups -OCH3 is 1. The van der Waals surface area contributed by atoms with E-state index in [1.165, 1.54) is 19.1 Å². The molecule has 0 radical (unpaired) electrons. The van der Waals surface area contributed by atoms with Crippen LogP contribution in [0.5, 0.6) is 5.75 Å². The van der Waals surface area contributed by atoms with E-state index >= 15 is 0 Å². The molecule has 2 aromatic rings. The molecule has 1 N–H and O–H groups in total. The number of amides is 1. The summed E-state index contributed by atoms with van der Waals surface area (Å²) in [6.45, 7) is 1.87. The normalized spacial score (nSPS) is 19.1. The third-order valence-electron chi connectivity index (χ3n) is 4.47. The summed E-state index contributed by atoms with van der Waals surface area (Å²) in [5, 5.41) is 11.5. The van der Waals surface area contributed by atoms with Crippen LogP contribution in [-0.4, -0.2) is 35.9 Å². The topological polar surface area (TPSA) is 66.8 Å². The van der Waals surface area contributed by atoms with Gasteiger partial charge in [0, 0.05) is 12.1 Å². The Kier molecular flexibility index (Phi) is 4.74. The number of likely N-dealkylation sites (N-methyl/N-ethyl adjacent to an activating group) is 1. The van der Waals surface area contributed by atoms with Gasteiger partial charge in [-0.3, -0.25) is 9.59 Å². The highest BCUT2D eigenvalue weighted by Crippen LogP contribution is 2.40. The summed E-state index contributed by atoms with van der Waals surface area (Å²) in [5.74, 6) is -1.23. The van der Waals surface area contributed by atoms with E-state index in [4.69, 9.17) is 16.3 Å². The number of rotatable bonds is 3. The van der Waals surface area contributed by atoms with Gasteiger partial charge in [0.1, 0.15) is 11.5 Å². The number of carbonyl (C=O) groups excluding carboxylic acids is 2. The predicted octanol–water partition coefficient (Wildman–Crippen LogP) is 3.71. The molecule has 2 aromatic carbocycles. The molecule has 0 aromatic heterocycles. The zero-order valence-electron chi connectivity index (χ0n) is 14.6. The molecule has 0 bridgehead atoms. The van der Waals surface area contributed by atoms with Crippen molar-refractivity contribution >= 4 is 29.1 Å². The highest BCUT2D eigenvalue weighted by molar-refractivity contribution is 6.46. The van der Waals surface area contributed by atoms with E-state index in [0.717, 1.165) is 5.56 Å². The molecule has 1 saturated heterocycles. The van der Waals surface area contributed by atoms with Crippen LogP contribution in [0.25, 0.3) is 5.76 Å². The standard InChI is InChI=1S/C20H18ClNO4/c1-11-4-9-15(26-3)14(10-11)18(23)16-17(22(2)20(25)19(16)24)12-5-7-13(21)8-6-12/h4-10,17,23H,1-3H3/b18-16+. The van der Waals surface area contributed by atoms with Gasteiger partial charge in [0.25, 0.3) is 11.7 Å². The Morgan fingerprint density at radius 2 is 1.81 bits per heavy atom. The van der Waals surface area contributed by atoms with Crippen molar-refractivity contribution < 1.29 is 19.4 Å². The molecule has 1 amide bonds. The SMILES string of the molecule is COc1ccc(C)cc1/C(O)=C1\C(=O)C(=O)N(C)C1c1ccc(Cl)cc1. The zero-order chi connectivity index (χ0) is 19.0. The van der Waals surface area contributed by atoms with E-state index in [9.17, 15) is 14.7 Å². The van der Waals surface area contributed by atoms with Crippen LogP contribution in [0.3, 0.4) is 0 Å². The Morgan fingerprint density at radius 3 is 2.42 bits per heavy atom. The highest BCUT2D eigenvalue weighted by Gasteiger charge is 2.44. The smallest absolute Gasteiger partial charge is 0.295 e. The average Bonchev–Trinajstić information content (AvgIpc) is 2.86. The maximum atomic E-state index is 12.6. The lowest BCUT2D eigenvalue weighted by molar-refractivity contribution is -0.139. The molecule has 1 aliphatic rings. The first-order valence-electron chi connectivity index (χ1n) is 8.00. The summed E-state index contributed by atoms with van der Waals surface area (Å²) < 4.78 is 5.31. The van der Waals surface area contributed by atoms with Gasteiger partial charge >= 0.3 is 0 Å². The number of aliphatic hydroxyl groups is 1. The van der Waals surface area contributed by atoms with E-state index in [0.29, 0.717) is 21.9 Å². The maximum absolute atomic E-state index is 12.6. The Bertz CT molecular complexity index is 918. The van der Waals surface area contributed by atoms with E-state index in [1.807, 2.05) is 13.0 Å². The summed E-state index contributed by atoms with van der Waals surface area (Å²) in [6, 6.07) is 11.4. The lowest BCUT2D eigenvalue weighted by Gasteiger charge is -2.21. The van der Waals surface area contributed by atoms with E-state index < -0.39 is 17.7 Å². The highest BCUT2D eigenvalue weighted by atomic mass is 35.5. The van der Waals surface area contributed by atoms with Gasteiger partial charge in [-0.25, -0.2) is 0 Å². The van der Waals surface area contributed by atoms with Crippen molar-refractivity contribution in [3.63, 3.8) is 0 Å². The van der Waals surface area contributed by atoms with E-state index in [2.05, 4.69) is 0 Å². The Morgan fingerprint density at radius 1 is 1.15 bits per heavy atom. The minimum atomic E-state index is -0.728. The van der Waals surface area contributed by atoms with Crippen molar-refractivity contribution in [3.8, 4) is 5.75 Å². The average molecular weight is 372 g/mol. The van der Waals surface area contributed by atoms with E-state index in [-0.39, 0.29) is 11.3 Å². The van der Waals surface area contributed by atoms with Crippen LogP contribution >= 0.6 is 11.6 Å². The maximum Gasteiger partial charge on any atom is 0.295 e. The zero-order valence-corrected chi connectivity index (χ0v) is 15.4. The fourth-order valence-corrected chi connectivity index (χ4v) is 3.26. The third kappa shape index (κ3) is 2.95.